The van der Waals surface area contributed by atoms with Gasteiger partial charge in [-0.3, -0.25) is 4.79 Å². The summed E-state index contributed by atoms with van der Waals surface area (Å²) >= 11 is 1.90. The number of unbranched alkanes of at least 4 members (excludes halogenated alkanes) is 15. The smallest absolute Gasteiger partial charge is 0.204 e. The van der Waals surface area contributed by atoms with Gasteiger partial charge in [-0.05, 0) is 35.9 Å². The van der Waals surface area contributed by atoms with E-state index in [0.29, 0.717) is 22.8 Å². The monoisotopic (exact) mass is 612 g/mol. The van der Waals surface area contributed by atoms with E-state index in [9.17, 15) is 4.79 Å². The van der Waals surface area contributed by atoms with Crippen LogP contribution in [0.15, 0.2) is 41.3 Å². The van der Waals surface area contributed by atoms with Crippen molar-refractivity contribution in [3.05, 3.63) is 47.5 Å². The lowest BCUT2D eigenvalue weighted by molar-refractivity contribution is 0.104. The molecule has 5 nitrogen and oxygen atoms in total. The molecule has 0 aromatic heterocycles. The van der Waals surface area contributed by atoms with Gasteiger partial charge in [-0.15, -0.1) is 11.8 Å². The largest absolute Gasteiger partial charge is 0.496 e. The van der Waals surface area contributed by atoms with Gasteiger partial charge in [-0.25, -0.2) is 0 Å². The number of carbonyl (C=O) groups excluding carboxylic acids is 1. The molecule has 0 amide bonds. The average Bonchev–Trinajstić information content (AvgIpc) is 3.04. The molecule has 0 aliphatic rings. The van der Waals surface area contributed by atoms with Gasteiger partial charge in [-0.2, -0.15) is 0 Å². The Balaban J connectivity index is 1.63. The van der Waals surface area contributed by atoms with Crippen molar-refractivity contribution in [1.82, 2.24) is 0 Å². The van der Waals surface area contributed by atoms with E-state index < -0.39 is 0 Å². The molecule has 2 aromatic rings. The van der Waals surface area contributed by atoms with Gasteiger partial charge < -0.3 is 18.9 Å². The van der Waals surface area contributed by atoms with Crippen LogP contribution < -0.4 is 18.9 Å². The minimum atomic E-state index is -0.239. The first-order valence-corrected chi connectivity index (χ1v) is 17.4. The van der Waals surface area contributed by atoms with E-state index in [4.69, 9.17) is 18.9 Å². The van der Waals surface area contributed by atoms with Crippen LogP contribution in [0, 0.1) is 0 Å². The molecule has 0 saturated carbocycles. The Morgan fingerprint density at radius 3 is 1.58 bits per heavy atom. The molecule has 240 valence electrons. The lowest BCUT2D eigenvalue weighted by Crippen LogP contribution is -2.06. The Labute approximate surface area is 266 Å². The summed E-state index contributed by atoms with van der Waals surface area (Å²) in [6.45, 7) is 2.29. The number of ketones is 1. The Hall–Kier alpha value is -2.60. The third-order valence-electron chi connectivity index (χ3n) is 7.83. The number of thioether (sulfide) groups is 1. The maximum Gasteiger partial charge on any atom is 0.204 e. The first-order chi connectivity index (χ1) is 21.1. The van der Waals surface area contributed by atoms with Gasteiger partial charge in [0.1, 0.15) is 11.3 Å². The minimum absolute atomic E-state index is 0.239. The van der Waals surface area contributed by atoms with Crippen LogP contribution in [0.3, 0.4) is 0 Å². The SMILES string of the molecule is CCCCCCCCCCCCCCCCCCSc1ccc(C=CC(=O)c2c(OC)cc(OC)c(OC)c2OC)cc1. The number of ether oxygens (including phenoxy) is 4. The fourth-order valence-corrected chi connectivity index (χ4v) is 6.21. The van der Waals surface area contributed by atoms with E-state index in [1.165, 1.54) is 142 Å². The number of hydrogen-bond acceptors (Lipinski definition) is 6. The summed E-state index contributed by atoms with van der Waals surface area (Å²) in [5.74, 6) is 2.35. The van der Waals surface area contributed by atoms with Crippen LogP contribution in [0.25, 0.3) is 6.08 Å². The Morgan fingerprint density at radius 1 is 0.628 bits per heavy atom. The summed E-state index contributed by atoms with van der Waals surface area (Å²) < 4.78 is 21.8. The van der Waals surface area contributed by atoms with Crippen molar-refractivity contribution in [1.29, 1.82) is 0 Å². The molecular formula is C37H56O5S. The fourth-order valence-electron chi connectivity index (χ4n) is 5.30. The molecule has 6 heteroatoms. The number of methoxy groups -OCH3 is 4. The molecule has 2 rings (SSSR count). The summed E-state index contributed by atoms with van der Waals surface area (Å²) in [5, 5.41) is 0. The number of carbonyl (C=O) groups is 1. The molecule has 0 bridgehead atoms. The lowest BCUT2D eigenvalue weighted by atomic mass is 10.0. The molecular weight excluding hydrogens is 556 g/mol. The van der Waals surface area contributed by atoms with Crippen LogP contribution in [0.4, 0.5) is 0 Å². The van der Waals surface area contributed by atoms with Gasteiger partial charge in [-0.1, -0.05) is 121 Å². The standard InChI is InChI=1S/C37H56O5S/c1-6-7-8-9-10-11-12-13-14-15-16-17-18-19-20-21-28-43-31-25-22-30(23-26-31)24-27-32(38)35-33(39-2)29-34(40-3)36(41-4)37(35)42-5/h22-27,29H,6-21,28H2,1-5H3. The van der Waals surface area contributed by atoms with Crippen molar-refractivity contribution in [3.8, 4) is 23.0 Å². The predicted octanol–water partition coefficient (Wildman–Crippen LogP) is 11.0. The van der Waals surface area contributed by atoms with Gasteiger partial charge in [0, 0.05) is 11.0 Å². The third kappa shape index (κ3) is 13.7. The molecule has 43 heavy (non-hydrogen) atoms. The average molecular weight is 613 g/mol. The summed E-state index contributed by atoms with van der Waals surface area (Å²) in [6.07, 6.45) is 25.7. The summed E-state index contributed by atoms with van der Waals surface area (Å²) in [7, 11) is 6.04. The van der Waals surface area contributed by atoms with Crippen LogP contribution in [0.2, 0.25) is 0 Å². The van der Waals surface area contributed by atoms with E-state index in [0.717, 1.165) is 11.3 Å². The second kappa shape index (κ2) is 22.9. The van der Waals surface area contributed by atoms with E-state index in [1.807, 2.05) is 30.0 Å². The predicted molar refractivity (Wildman–Crippen MR) is 183 cm³/mol. The third-order valence-corrected chi connectivity index (χ3v) is 8.93. The summed E-state index contributed by atoms with van der Waals surface area (Å²) in [5.41, 5.74) is 1.25. The zero-order valence-electron chi connectivity index (χ0n) is 27.5. The van der Waals surface area contributed by atoms with Gasteiger partial charge in [0.05, 0.1) is 28.4 Å². The maximum atomic E-state index is 13.1. The second-order valence-electron chi connectivity index (χ2n) is 11.1. The molecule has 0 fully saturated rings. The molecule has 2 aromatic carbocycles. The topological polar surface area (TPSA) is 54.0 Å². The number of rotatable bonds is 25. The highest BCUT2D eigenvalue weighted by Gasteiger charge is 2.25. The van der Waals surface area contributed by atoms with Gasteiger partial charge in [0.2, 0.25) is 5.75 Å². The van der Waals surface area contributed by atoms with Crippen molar-refractivity contribution in [2.75, 3.05) is 34.2 Å². The van der Waals surface area contributed by atoms with Crippen LogP contribution in [0.5, 0.6) is 23.0 Å². The molecule has 0 unspecified atom stereocenters. The second-order valence-corrected chi connectivity index (χ2v) is 12.3. The molecule has 0 N–H and O–H groups in total. The minimum Gasteiger partial charge on any atom is -0.496 e. The molecule has 0 heterocycles. The number of hydrogen-bond donors (Lipinski definition) is 0. The van der Waals surface area contributed by atoms with Crippen molar-refractivity contribution in [3.63, 3.8) is 0 Å². The molecule has 0 aliphatic carbocycles. The van der Waals surface area contributed by atoms with Crippen molar-refractivity contribution in [2.45, 2.75) is 115 Å². The van der Waals surface area contributed by atoms with Crippen LogP contribution in [-0.2, 0) is 0 Å². The maximum absolute atomic E-state index is 13.1. The summed E-state index contributed by atoms with van der Waals surface area (Å²) in [6, 6.07) is 9.97. The van der Waals surface area contributed by atoms with Crippen molar-refractivity contribution >= 4 is 23.6 Å². The Kier molecular flexibility index (Phi) is 19.5. The highest BCUT2D eigenvalue weighted by atomic mass is 32.2. The quantitative estimate of drug-likeness (QED) is 0.0481. The Bertz CT molecular complexity index is 1060. The number of allylic oxidation sites excluding steroid dienone is 1. The van der Waals surface area contributed by atoms with Crippen LogP contribution >= 0.6 is 11.8 Å². The van der Waals surface area contributed by atoms with Crippen LogP contribution in [0.1, 0.15) is 126 Å². The highest BCUT2D eigenvalue weighted by Crippen LogP contribution is 2.45. The van der Waals surface area contributed by atoms with Crippen molar-refractivity contribution in [2.24, 2.45) is 0 Å². The summed E-state index contributed by atoms with van der Waals surface area (Å²) in [4.78, 5) is 14.4. The van der Waals surface area contributed by atoms with Gasteiger partial charge in [0.15, 0.2) is 17.3 Å². The first-order valence-electron chi connectivity index (χ1n) is 16.4. The fraction of sp³-hybridized carbons (Fsp3) is 0.595. The highest BCUT2D eigenvalue weighted by molar-refractivity contribution is 7.99. The molecule has 0 aliphatic heterocycles. The van der Waals surface area contributed by atoms with E-state index in [1.54, 1.807) is 6.07 Å². The molecule has 0 atom stereocenters. The lowest BCUT2D eigenvalue weighted by Gasteiger charge is -2.17. The van der Waals surface area contributed by atoms with Gasteiger partial charge in [0.25, 0.3) is 0 Å². The van der Waals surface area contributed by atoms with E-state index in [-0.39, 0.29) is 11.5 Å². The zero-order valence-corrected chi connectivity index (χ0v) is 28.3. The van der Waals surface area contributed by atoms with Gasteiger partial charge >= 0.3 is 0 Å². The van der Waals surface area contributed by atoms with E-state index >= 15 is 0 Å². The van der Waals surface area contributed by atoms with Crippen molar-refractivity contribution < 1.29 is 23.7 Å². The van der Waals surface area contributed by atoms with E-state index in [2.05, 4.69) is 19.1 Å². The molecule has 0 radical (unpaired) electrons. The Morgan fingerprint density at radius 2 is 1.12 bits per heavy atom. The zero-order chi connectivity index (χ0) is 31.1. The molecule has 0 spiro atoms. The van der Waals surface area contributed by atoms with Crippen LogP contribution in [-0.4, -0.2) is 40.0 Å². The first kappa shape index (κ1) is 36.6. The molecule has 0 saturated heterocycles. The number of benzene rings is 2. The normalized spacial score (nSPS) is 11.2.